The number of hydrogen-bond acceptors (Lipinski definition) is 16. The molecule has 6 amide bonds. The van der Waals surface area contributed by atoms with E-state index in [1.54, 1.807) is 80.8 Å². The highest BCUT2D eigenvalue weighted by molar-refractivity contribution is 6.28. The van der Waals surface area contributed by atoms with E-state index in [0.29, 0.717) is 72.3 Å². The molecule has 0 radical (unpaired) electrons. The van der Waals surface area contributed by atoms with Crippen LogP contribution in [0.4, 0.5) is 27.2 Å². The zero-order valence-electron chi connectivity index (χ0n) is 52.9. The lowest BCUT2D eigenvalue weighted by molar-refractivity contribution is -0.0338. The molecule has 12 rings (SSSR count). The van der Waals surface area contributed by atoms with Crippen LogP contribution >= 0.6 is 11.6 Å². The van der Waals surface area contributed by atoms with Gasteiger partial charge in [0.15, 0.2) is 0 Å². The van der Waals surface area contributed by atoms with Crippen LogP contribution in [-0.2, 0) is 9.47 Å². The van der Waals surface area contributed by atoms with E-state index in [9.17, 15) is 28.8 Å². The van der Waals surface area contributed by atoms with Crippen LogP contribution in [0.5, 0.6) is 0 Å². The molecule has 508 valence electrons. The Labute approximate surface area is 554 Å². The van der Waals surface area contributed by atoms with Crippen LogP contribution in [0.1, 0.15) is 215 Å². The molecule has 6 aromatic heterocycles. The maximum atomic E-state index is 13.5. The lowest BCUT2D eigenvalue weighted by atomic mass is 9.91. The van der Waals surface area contributed by atoms with Crippen molar-refractivity contribution >= 4 is 87.1 Å². The average Bonchev–Trinajstić information content (AvgIpc) is 1.77. The summed E-state index contributed by atoms with van der Waals surface area (Å²) in [4.78, 5) is 114. The summed E-state index contributed by atoms with van der Waals surface area (Å²) in [6.07, 6.45) is 20.3. The van der Waals surface area contributed by atoms with Crippen molar-refractivity contribution in [2.45, 2.75) is 209 Å². The molecule has 6 aliphatic rings. The van der Waals surface area contributed by atoms with Gasteiger partial charge in [0, 0.05) is 102 Å². The first-order valence-electron chi connectivity index (χ1n) is 31.2. The van der Waals surface area contributed by atoms with E-state index in [1.165, 1.54) is 19.0 Å². The van der Waals surface area contributed by atoms with E-state index in [4.69, 9.17) is 31.8 Å². The zero-order chi connectivity index (χ0) is 63.6. The van der Waals surface area contributed by atoms with Gasteiger partial charge >= 0.3 is 12.2 Å². The molecule has 2 aliphatic carbocycles. The van der Waals surface area contributed by atoms with E-state index in [-0.39, 0.29) is 101 Å². The Bertz CT molecular complexity index is 3540. The fourth-order valence-electron chi connectivity index (χ4n) is 13.3. The maximum Gasteiger partial charge on any atom is 0.410 e. The Kier molecular flexibility index (Phi) is 24.4. The molecule has 0 spiro atoms. The van der Waals surface area contributed by atoms with E-state index in [1.807, 2.05) is 73.3 Å². The largest absolute Gasteiger partial charge is 0.444 e. The molecule has 4 aliphatic heterocycles. The summed E-state index contributed by atoms with van der Waals surface area (Å²) in [7, 11) is 7.04. The molecule has 4 bridgehead atoms. The second-order valence-electron chi connectivity index (χ2n) is 26.7. The second-order valence-corrected chi connectivity index (χ2v) is 27.0. The maximum absolute atomic E-state index is 13.5. The van der Waals surface area contributed by atoms with Crippen molar-refractivity contribution in [1.82, 2.24) is 68.4 Å². The van der Waals surface area contributed by atoms with E-state index >= 15 is 0 Å². The molecule has 4 atom stereocenters. The molecular weight excluding hydrogens is 1200 g/mol. The third kappa shape index (κ3) is 17.0. The summed E-state index contributed by atoms with van der Waals surface area (Å²) in [5, 5.41) is 5.07. The van der Waals surface area contributed by atoms with E-state index in [2.05, 4.69) is 39.4 Å². The van der Waals surface area contributed by atoms with E-state index in [0.717, 1.165) is 99.1 Å². The predicted octanol–water partition coefficient (Wildman–Crippen LogP) is 12.7. The van der Waals surface area contributed by atoms with Crippen LogP contribution in [0, 0.1) is 0 Å². The summed E-state index contributed by atoms with van der Waals surface area (Å²) < 4.78 is 15.4. The van der Waals surface area contributed by atoms with Crippen LogP contribution in [0.3, 0.4) is 0 Å². The van der Waals surface area contributed by atoms with Crippen LogP contribution in [0.2, 0.25) is 5.28 Å². The number of nitrogens with zero attached hydrogens (tertiary/aromatic N) is 14. The molecule has 25 heteroatoms. The van der Waals surface area contributed by atoms with Crippen molar-refractivity contribution in [3.8, 4) is 0 Å². The number of carbonyl (C=O) groups is 6. The molecule has 0 aromatic carbocycles. The predicted molar refractivity (Wildman–Crippen MR) is 365 cm³/mol. The number of fused-ring (bicyclic) bond motifs is 6. The standard InChI is InChI=1S/C32H42N8O4.C18H26N4O3.C14H17ClN4O.4CH4/c1-32(2,3)44-31(43)39-23-11-8-12-24(39)19-38(18-23)28(41)20-13-14-26(33-16-20)35-30-34-17-21-15-25(29(42)37(4)5)40(27(21)36-30)22-9-6-7-10-22;1-18(2,3)25-17(24)22-13-5-4-6-14(22)11-21(10-13)16(23)12-7-8-15(19)20-9-12;1-18(2)13(20)11-7-9-8-16-14(15)17-12(9)19(11)10-5-3-4-6-10;;;;/h13-17,22-24H,6-12,18-19H2,1-5H3,(H,33,34,35,36);7-9,13-14H,4-6,10-11H2,1-3H3,(H2,19,20);7-8,10H,3-6H2,1-2H3;4*1H4. The first kappa shape index (κ1) is 73.9. The van der Waals surface area contributed by atoms with Gasteiger partial charge < -0.3 is 49.3 Å². The van der Waals surface area contributed by atoms with Crippen molar-refractivity contribution in [2.24, 2.45) is 0 Å². The molecular formula is C68H101ClN16O8. The number of piperidine rings is 2. The van der Waals surface area contributed by atoms with Crippen molar-refractivity contribution < 1.29 is 38.2 Å². The number of anilines is 3. The molecule has 24 nitrogen and oxygen atoms in total. The lowest BCUT2D eigenvalue weighted by Gasteiger charge is -2.49. The molecule has 6 aromatic rings. The number of nitrogens with two attached hydrogens (primary N) is 1. The van der Waals surface area contributed by atoms with Crippen LogP contribution in [0.25, 0.3) is 22.1 Å². The Morgan fingerprint density at radius 2 is 0.903 bits per heavy atom. The molecule has 3 N–H and O–H groups in total. The number of aromatic nitrogens is 8. The number of likely N-dealkylation sites (tertiary alicyclic amines) is 2. The number of nitrogens with one attached hydrogen (secondary N) is 1. The van der Waals surface area contributed by atoms with Gasteiger partial charge in [-0.3, -0.25) is 29.0 Å². The number of carbonyl (C=O) groups excluding carboxylic acids is 6. The van der Waals surface area contributed by atoms with Gasteiger partial charge in [-0.05, 0) is 154 Å². The Hall–Kier alpha value is -8.15. The second kappa shape index (κ2) is 30.7. The normalized spacial score (nSPS) is 19.4. The Balaban J connectivity index is 0.000000238. The third-order valence-electron chi connectivity index (χ3n) is 17.3. The average molecular weight is 1310 g/mol. The van der Waals surface area contributed by atoms with Gasteiger partial charge in [-0.2, -0.15) is 9.97 Å². The minimum absolute atomic E-state index is 0. The van der Waals surface area contributed by atoms with Gasteiger partial charge in [-0.1, -0.05) is 55.4 Å². The minimum atomic E-state index is -0.565. The number of hydrogen-bond donors (Lipinski definition) is 2. The van der Waals surface area contributed by atoms with Gasteiger partial charge in [0.1, 0.15) is 45.5 Å². The van der Waals surface area contributed by atoms with Gasteiger partial charge in [0.05, 0.1) is 35.3 Å². The monoisotopic (exact) mass is 1300 g/mol. The zero-order valence-corrected chi connectivity index (χ0v) is 53.7. The summed E-state index contributed by atoms with van der Waals surface area (Å²) >= 11 is 5.92. The fourth-order valence-corrected chi connectivity index (χ4v) is 13.4. The number of ether oxygens (including phenoxy) is 2. The summed E-state index contributed by atoms with van der Waals surface area (Å²) in [5.74, 6) is 1.05. The minimum Gasteiger partial charge on any atom is -0.444 e. The molecule has 10 heterocycles. The van der Waals surface area contributed by atoms with Crippen LogP contribution in [-0.4, -0.2) is 194 Å². The first-order valence-corrected chi connectivity index (χ1v) is 31.6. The third-order valence-corrected chi connectivity index (χ3v) is 17.4. The van der Waals surface area contributed by atoms with Gasteiger partial charge in [0.2, 0.25) is 11.2 Å². The number of piperazine rings is 2. The van der Waals surface area contributed by atoms with Gasteiger partial charge in [-0.25, -0.2) is 29.5 Å². The number of nitrogen functional groups attached to an aromatic ring is 1. The highest BCUT2D eigenvalue weighted by Crippen LogP contribution is 2.38. The SMILES string of the molecule is C.C.C.C.CC(C)(C)OC(=O)N1C2CCCC1CN(C(=O)c1ccc(N)nc1)C2.CN(C)C(=O)c1cc2cnc(Cl)nc2n1C1CCCC1.CN(C)C(=O)c1cc2cnc(Nc3ccc(C(=O)N4CC5CCCC(C4)N5C(=O)OC(C)(C)C)cn3)nc2n1C1CCCC1. The Morgan fingerprint density at radius 3 is 1.28 bits per heavy atom. The first-order chi connectivity index (χ1) is 42.3. The van der Waals surface area contributed by atoms with Crippen molar-refractivity contribution in [1.29, 1.82) is 0 Å². The van der Waals surface area contributed by atoms with Crippen LogP contribution in [0.15, 0.2) is 61.2 Å². The van der Waals surface area contributed by atoms with Crippen LogP contribution < -0.4 is 11.1 Å². The highest BCUT2D eigenvalue weighted by atomic mass is 35.5. The molecule has 4 saturated heterocycles. The van der Waals surface area contributed by atoms with Crippen molar-refractivity contribution in [3.63, 3.8) is 0 Å². The Morgan fingerprint density at radius 1 is 0.516 bits per heavy atom. The molecule has 6 fully saturated rings. The quantitative estimate of drug-likeness (QED) is 0.134. The molecule has 93 heavy (non-hydrogen) atoms. The summed E-state index contributed by atoms with van der Waals surface area (Å²) in [5.41, 5.74) is 8.30. The number of amides is 6. The highest BCUT2D eigenvalue weighted by Gasteiger charge is 2.45. The van der Waals surface area contributed by atoms with E-state index < -0.39 is 11.2 Å². The smallest absolute Gasteiger partial charge is 0.410 e. The number of rotatable bonds is 8. The number of halogens is 1. The fraction of sp³-hybridized carbons (Fsp3) is 0.588. The molecule has 2 saturated carbocycles. The lowest BCUT2D eigenvalue weighted by Crippen LogP contribution is -2.64. The molecule has 4 unspecified atom stereocenters. The number of pyridine rings is 2. The van der Waals surface area contributed by atoms with Gasteiger partial charge in [0.25, 0.3) is 23.6 Å². The topological polar surface area (TPSA) is 266 Å². The summed E-state index contributed by atoms with van der Waals surface area (Å²) in [6.45, 7) is 13.2. The van der Waals surface area contributed by atoms with Crippen molar-refractivity contribution in [3.05, 3.63) is 89.0 Å². The summed E-state index contributed by atoms with van der Waals surface area (Å²) in [6, 6.07) is 11.0. The van der Waals surface area contributed by atoms with Gasteiger partial charge in [-0.15, -0.1) is 0 Å². The van der Waals surface area contributed by atoms with Crippen molar-refractivity contribution in [2.75, 3.05) is 65.4 Å².